The molecule has 2 aromatic carbocycles. The average Bonchev–Trinajstić information content (AvgIpc) is 2.46. The Labute approximate surface area is 114 Å². The SMILES string of the molecule is Nc1cc([N+](=O)[O-])cc(-c2cccc3ccccc23)n1. The number of nitrogen functional groups attached to an aromatic ring is 1. The van der Waals surface area contributed by atoms with Crippen molar-refractivity contribution in [2.75, 3.05) is 5.73 Å². The van der Waals surface area contributed by atoms with Crippen LogP contribution in [-0.2, 0) is 0 Å². The summed E-state index contributed by atoms with van der Waals surface area (Å²) in [4.78, 5) is 14.7. The Hall–Kier alpha value is -2.95. The van der Waals surface area contributed by atoms with Gasteiger partial charge in [0.25, 0.3) is 5.69 Å². The molecule has 0 fully saturated rings. The maximum atomic E-state index is 10.9. The van der Waals surface area contributed by atoms with Crippen LogP contribution in [0, 0.1) is 10.1 Å². The Morgan fingerprint density at radius 2 is 1.80 bits per heavy atom. The van der Waals surface area contributed by atoms with Crippen LogP contribution in [0.3, 0.4) is 0 Å². The van der Waals surface area contributed by atoms with Gasteiger partial charge in [-0.15, -0.1) is 0 Å². The van der Waals surface area contributed by atoms with Gasteiger partial charge in [0.15, 0.2) is 0 Å². The molecule has 0 amide bonds. The fourth-order valence-electron chi connectivity index (χ4n) is 2.23. The number of nitrogens with zero attached hydrogens (tertiary/aromatic N) is 2. The van der Waals surface area contributed by atoms with Gasteiger partial charge >= 0.3 is 0 Å². The van der Waals surface area contributed by atoms with E-state index in [0.717, 1.165) is 16.3 Å². The van der Waals surface area contributed by atoms with Crippen LogP contribution >= 0.6 is 0 Å². The molecule has 0 spiro atoms. The Balaban J connectivity index is 2.28. The van der Waals surface area contributed by atoms with E-state index < -0.39 is 4.92 Å². The molecule has 0 saturated carbocycles. The number of rotatable bonds is 2. The number of hydrogen-bond acceptors (Lipinski definition) is 4. The van der Waals surface area contributed by atoms with Crippen LogP contribution in [0.2, 0.25) is 0 Å². The average molecular weight is 265 g/mol. The van der Waals surface area contributed by atoms with Crippen LogP contribution < -0.4 is 5.73 Å². The lowest BCUT2D eigenvalue weighted by Gasteiger charge is -2.06. The van der Waals surface area contributed by atoms with E-state index in [4.69, 9.17) is 5.73 Å². The monoisotopic (exact) mass is 265 g/mol. The molecule has 1 aromatic heterocycles. The molecule has 0 aliphatic carbocycles. The summed E-state index contributed by atoms with van der Waals surface area (Å²) >= 11 is 0. The van der Waals surface area contributed by atoms with Crippen molar-refractivity contribution in [2.24, 2.45) is 0 Å². The predicted molar refractivity (Wildman–Crippen MR) is 78.2 cm³/mol. The fraction of sp³-hybridized carbons (Fsp3) is 0. The quantitative estimate of drug-likeness (QED) is 0.568. The van der Waals surface area contributed by atoms with Gasteiger partial charge in [-0.25, -0.2) is 4.98 Å². The van der Waals surface area contributed by atoms with Crippen molar-refractivity contribution >= 4 is 22.3 Å². The lowest BCUT2D eigenvalue weighted by atomic mass is 10.0. The van der Waals surface area contributed by atoms with Crippen molar-refractivity contribution in [3.8, 4) is 11.3 Å². The van der Waals surface area contributed by atoms with Crippen LogP contribution in [0.15, 0.2) is 54.6 Å². The minimum absolute atomic E-state index is 0.0552. The normalized spacial score (nSPS) is 10.6. The van der Waals surface area contributed by atoms with Gasteiger partial charge in [0.1, 0.15) is 5.82 Å². The Morgan fingerprint density at radius 3 is 2.60 bits per heavy atom. The molecule has 1 heterocycles. The molecule has 5 heteroatoms. The van der Waals surface area contributed by atoms with E-state index >= 15 is 0 Å². The second-order valence-electron chi connectivity index (χ2n) is 4.42. The molecule has 0 atom stereocenters. The highest BCUT2D eigenvalue weighted by atomic mass is 16.6. The third kappa shape index (κ3) is 2.05. The lowest BCUT2D eigenvalue weighted by molar-refractivity contribution is -0.384. The summed E-state index contributed by atoms with van der Waals surface area (Å²) in [5.41, 5.74) is 6.95. The first-order chi connectivity index (χ1) is 9.65. The van der Waals surface area contributed by atoms with Gasteiger partial charge < -0.3 is 5.73 Å². The largest absolute Gasteiger partial charge is 0.383 e. The van der Waals surface area contributed by atoms with Crippen molar-refractivity contribution < 1.29 is 4.92 Å². The summed E-state index contributed by atoms with van der Waals surface area (Å²) in [7, 11) is 0. The van der Waals surface area contributed by atoms with E-state index in [9.17, 15) is 10.1 Å². The number of pyridine rings is 1. The third-order valence-corrected chi connectivity index (χ3v) is 3.11. The van der Waals surface area contributed by atoms with Crippen molar-refractivity contribution in [3.05, 3.63) is 64.7 Å². The maximum absolute atomic E-state index is 10.9. The van der Waals surface area contributed by atoms with Crippen LogP contribution in [0.1, 0.15) is 0 Å². The zero-order valence-corrected chi connectivity index (χ0v) is 10.5. The van der Waals surface area contributed by atoms with Gasteiger partial charge in [0.05, 0.1) is 16.7 Å². The minimum Gasteiger partial charge on any atom is -0.383 e. The van der Waals surface area contributed by atoms with Gasteiger partial charge in [-0.2, -0.15) is 0 Å². The zero-order valence-electron chi connectivity index (χ0n) is 10.5. The lowest BCUT2D eigenvalue weighted by Crippen LogP contribution is -1.97. The highest BCUT2D eigenvalue weighted by Gasteiger charge is 2.12. The number of aromatic nitrogens is 1. The van der Waals surface area contributed by atoms with Gasteiger partial charge in [-0.3, -0.25) is 10.1 Å². The molecule has 2 N–H and O–H groups in total. The van der Waals surface area contributed by atoms with Crippen LogP contribution in [-0.4, -0.2) is 9.91 Å². The van der Waals surface area contributed by atoms with Gasteiger partial charge in [0, 0.05) is 11.6 Å². The van der Waals surface area contributed by atoms with E-state index in [-0.39, 0.29) is 11.5 Å². The first kappa shape index (κ1) is 12.1. The van der Waals surface area contributed by atoms with Gasteiger partial charge in [-0.1, -0.05) is 42.5 Å². The standard InChI is InChI=1S/C15H11N3O2/c16-15-9-11(18(19)20)8-14(17-15)13-7-3-5-10-4-1-2-6-12(10)13/h1-9H,(H2,16,17). The fourth-order valence-corrected chi connectivity index (χ4v) is 2.23. The molecule has 3 aromatic rings. The molecule has 0 radical (unpaired) electrons. The molecular weight excluding hydrogens is 254 g/mol. The molecule has 0 aliphatic rings. The number of fused-ring (bicyclic) bond motifs is 1. The highest BCUT2D eigenvalue weighted by Crippen LogP contribution is 2.30. The van der Waals surface area contributed by atoms with Crippen molar-refractivity contribution in [2.45, 2.75) is 0 Å². The molecular formula is C15H11N3O2. The smallest absolute Gasteiger partial charge is 0.275 e. The number of anilines is 1. The molecule has 0 aliphatic heterocycles. The molecule has 0 unspecified atom stereocenters. The van der Waals surface area contributed by atoms with Gasteiger partial charge in [0.2, 0.25) is 0 Å². The summed E-state index contributed by atoms with van der Waals surface area (Å²) in [6, 6.07) is 16.3. The predicted octanol–water partition coefficient (Wildman–Crippen LogP) is 3.39. The van der Waals surface area contributed by atoms with Crippen molar-refractivity contribution in [1.29, 1.82) is 0 Å². The first-order valence-electron chi connectivity index (χ1n) is 6.05. The Morgan fingerprint density at radius 1 is 1.05 bits per heavy atom. The maximum Gasteiger partial charge on any atom is 0.275 e. The summed E-state index contributed by atoms with van der Waals surface area (Å²) < 4.78 is 0. The topological polar surface area (TPSA) is 82.0 Å². The number of hydrogen-bond donors (Lipinski definition) is 1. The summed E-state index contributed by atoms with van der Waals surface area (Å²) in [5.74, 6) is 0.141. The molecule has 0 saturated heterocycles. The van der Waals surface area contributed by atoms with Crippen LogP contribution in [0.25, 0.3) is 22.0 Å². The Bertz CT molecular complexity index is 810. The second kappa shape index (κ2) is 4.62. The number of nitro groups is 1. The Kier molecular flexibility index (Phi) is 2.80. The van der Waals surface area contributed by atoms with Crippen LogP contribution in [0.5, 0.6) is 0 Å². The number of benzene rings is 2. The number of nitrogens with two attached hydrogens (primary N) is 1. The second-order valence-corrected chi connectivity index (χ2v) is 4.42. The van der Waals surface area contributed by atoms with Crippen molar-refractivity contribution in [1.82, 2.24) is 4.98 Å². The van der Waals surface area contributed by atoms with E-state index in [2.05, 4.69) is 4.98 Å². The van der Waals surface area contributed by atoms with E-state index in [1.54, 1.807) is 0 Å². The van der Waals surface area contributed by atoms with Crippen LogP contribution in [0.4, 0.5) is 11.5 Å². The molecule has 0 bridgehead atoms. The molecule has 3 rings (SSSR count). The van der Waals surface area contributed by atoms with E-state index in [0.29, 0.717) is 5.69 Å². The molecule has 98 valence electrons. The molecule has 20 heavy (non-hydrogen) atoms. The third-order valence-electron chi connectivity index (χ3n) is 3.11. The first-order valence-corrected chi connectivity index (χ1v) is 6.05. The molecule has 5 nitrogen and oxygen atoms in total. The van der Waals surface area contributed by atoms with E-state index in [1.807, 2.05) is 42.5 Å². The highest BCUT2D eigenvalue weighted by molar-refractivity contribution is 5.96. The van der Waals surface area contributed by atoms with E-state index in [1.165, 1.54) is 12.1 Å². The summed E-state index contributed by atoms with van der Waals surface area (Å²) in [6.07, 6.45) is 0. The minimum atomic E-state index is -0.466. The summed E-state index contributed by atoms with van der Waals surface area (Å²) in [5, 5.41) is 13.0. The van der Waals surface area contributed by atoms with Crippen molar-refractivity contribution in [3.63, 3.8) is 0 Å². The van der Waals surface area contributed by atoms with Gasteiger partial charge in [-0.05, 0) is 10.8 Å². The zero-order chi connectivity index (χ0) is 14.1. The summed E-state index contributed by atoms with van der Waals surface area (Å²) in [6.45, 7) is 0.